The summed E-state index contributed by atoms with van der Waals surface area (Å²) >= 11 is 0. The summed E-state index contributed by atoms with van der Waals surface area (Å²) in [7, 11) is -3.92. The van der Waals surface area contributed by atoms with Gasteiger partial charge in [-0.05, 0) is 13.8 Å². The molecule has 2 aromatic heterocycles. The molecule has 2 heterocycles. The molecule has 0 atom stereocenters. The van der Waals surface area contributed by atoms with E-state index in [0.717, 1.165) is 0 Å². The van der Waals surface area contributed by atoms with Crippen molar-refractivity contribution in [3.63, 3.8) is 0 Å². The van der Waals surface area contributed by atoms with Gasteiger partial charge < -0.3 is 14.6 Å². The molecule has 0 amide bonds. The Labute approximate surface area is 108 Å². The molecule has 9 heteroatoms. The number of aromatic amines is 1. The van der Waals surface area contributed by atoms with E-state index in [-0.39, 0.29) is 27.7 Å². The molecule has 0 aromatic carbocycles. The van der Waals surface area contributed by atoms with Gasteiger partial charge in [0, 0.05) is 17.3 Å². The number of nitrogens with one attached hydrogen (secondary N) is 2. The van der Waals surface area contributed by atoms with Crippen LogP contribution in [0, 0.1) is 13.8 Å². The number of carbonyl (C=O) groups is 1. The fourth-order valence-corrected chi connectivity index (χ4v) is 3.25. The van der Waals surface area contributed by atoms with Gasteiger partial charge in [0.25, 0.3) is 10.0 Å². The Hall–Kier alpha value is -2.29. The molecule has 0 unspecified atom stereocenters. The van der Waals surface area contributed by atoms with E-state index in [1.54, 1.807) is 0 Å². The number of anilines is 1. The van der Waals surface area contributed by atoms with Gasteiger partial charge in [0.05, 0.1) is 0 Å². The third kappa shape index (κ3) is 2.32. The normalized spacial score (nSPS) is 11.5. The predicted molar refractivity (Wildman–Crippen MR) is 64.5 cm³/mol. The highest BCUT2D eigenvalue weighted by atomic mass is 32.2. The number of carboxylic acids is 1. The van der Waals surface area contributed by atoms with Crippen molar-refractivity contribution < 1.29 is 22.8 Å². The standard InChI is InChI=1S/C10H11N3O5S/c1-5-8(10(14)15)11-6(2)9(5)19(16,17)13-7-3-4-18-12-7/h3-4,11H,1-2H3,(H,12,13)(H,14,15). The molecule has 8 nitrogen and oxygen atoms in total. The number of aromatic nitrogens is 2. The summed E-state index contributed by atoms with van der Waals surface area (Å²) in [6.07, 6.45) is 1.22. The highest BCUT2D eigenvalue weighted by Crippen LogP contribution is 2.25. The smallest absolute Gasteiger partial charge is 0.352 e. The Bertz CT molecular complexity index is 715. The number of rotatable bonds is 4. The third-order valence-electron chi connectivity index (χ3n) is 2.53. The van der Waals surface area contributed by atoms with Crippen molar-refractivity contribution in [3.8, 4) is 0 Å². The van der Waals surface area contributed by atoms with Gasteiger partial charge in [-0.1, -0.05) is 5.16 Å². The molecule has 0 aliphatic heterocycles. The molecule has 19 heavy (non-hydrogen) atoms. The minimum absolute atomic E-state index is 0.0249. The zero-order chi connectivity index (χ0) is 14.2. The summed E-state index contributed by atoms with van der Waals surface area (Å²) in [4.78, 5) is 13.4. The van der Waals surface area contributed by atoms with Crippen LogP contribution in [-0.4, -0.2) is 29.6 Å². The Kier molecular flexibility index (Phi) is 3.06. The lowest BCUT2D eigenvalue weighted by Crippen LogP contribution is -2.15. The number of nitrogens with zero attached hydrogens (tertiary/aromatic N) is 1. The first-order valence-corrected chi connectivity index (χ1v) is 6.67. The van der Waals surface area contributed by atoms with Crippen LogP contribution in [-0.2, 0) is 10.0 Å². The Morgan fingerprint density at radius 2 is 2.16 bits per heavy atom. The van der Waals surface area contributed by atoms with Gasteiger partial charge in [0.2, 0.25) is 0 Å². The Morgan fingerprint density at radius 1 is 1.47 bits per heavy atom. The fraction of sp³-hybridized carbons (Fsp3) is 0.200. The number of carboxylic acid groups (broad SMARTS) is 1. The van der Waals surface area contributed by atoms with Crippen LogP contribution in [0.4, 0.5) is 5.82 Å². The van der Waals surface area contributed by atoms with E-state index >= 15 is 0 Å². The summed E-state index contributed by atoms with van der Waals surface area (Å²) in [6.45, 7) is 2.90. The van der Waals surface area contributed by atoms with Crippen molar-refractivity contribution in [2.75, 3.05) is 4.72 Å². The quantitative estimate of drug-likeness (QED) is 0.772. The number of hydrogen-bond acceptors (Lipinski definition) is 5. The van der Waals surface area contributed by atoms with Crippen molar-refractivity contribution in [3.05, 3.63) is 29.3 Å². The summed E-state index contributed by atoms with van der Waals surface area (Å²) < 4.78 is 31.1. The molecule has 0 fully saturated rings. The van der Waals surface area contributed by atoms with Crippen molar-refractivity contribution in [2.45, 2.75) is 18.7 Å². The third-order valence-corrected chi connectivity index (χ3v) is 4.16. The lowest BCUT2D eigenvalue weighted by Gasteiger charge is -2.05. The summed E-state index contributed by atoms with van der Waals surface area (Å²) in [6, 6.07) is 1.34. The van der Waals surface area contributed by atoms with Crippen LogP contribution in [0.3, 0.4) is 0 Å². The van der Waals surface area contributed by atoms with Crippen LogP contribution in [0.15, 0.2) is 21.7 Å². The van der Waals surface area contributed by atoms with Crippen LogP contribution >= 0.6 is 0 Å². The first kappa shape index (κ1) is 13.1. The van der Waals surface area contributed by atoms with E-state index in [4.69, 9.17) is 5.11 Å². The maximum absolute atomic E-state index is 12.2. The molecule has 0 bridgehead atoms. The molecule has 0 spiro atoms. The largest absolute Gasteiger partial charge is 0.477 e. The minimum Gasteiger partial charge on any atom is -0.477 e. The Morgan fingerprint density at radius 3 is 2.63 bits per heavy atom. The summed E-state index contributed by atoms with van der Waals surface area (Å²) in [5, 5.41) is 12.4. The molecule has 0 saturated heterocycles. The lowest BCUT2D eigenvalue weighted by molar-refractivity contribution is 0.0690. The van der Waals surface area contributed by atoms with Crippen LogP contribution in [0.5, 0.6) is 0 Å². The summed E-state index contributed by atoms with van der Waals surface area (Å²) in [5.74, 6) is -1.19. The van der Waals surface area contributed by atoms with Crippen molar-refractivity contribution >= 4 is 21.8 Å². The number of aromatic carboxylic acids is 1. The topological polar surface area (TPSA) is 125 Å². The zero-order valence-corrected chi connectivity index (χ0v) is 10.9. The van der Waals surface area contributed by atoms with Crippen LogP contribution in [0.1, 0.15) is 21.7 Å². The SMILES string of the molecule is Cc1[nH]c(C(=O)O)c(C)c1S(=O)(=O)Nc1ccon1. The van der Waals surface area contributed by atoms with E-state index in [2.05, 4.69) is 19.4 Å². The average molecular weight is 285 g/mol. The molecular weight excluding hydrogens is 274 g/mol. The van der Waals surface area contributed by atoms with Crippen LogP contribution in [0.2, 0.25) is 0 Å². The molecule has 102 valence electrons. The van der Waals surface area contributed by atoms with Gasteiger partial charge >= 0.3 is 5.97 Å². The predicted octanol–water partition coefficient (Wildman–Crippen LogP) is 1.12. The van der Waals surface area contributed by atoms with E-state index in [0.29, 0.717) is 0 Å². The highest BCUT2D eigenvalue weighted by molar-refractivity contribution is 7.92. The van der Waals surface area contributed by atoms with Crippen molar-refractivity contribution in [2.24, 2.45) is 0 Å². The molecule has 0 aliphatic rings. The average Bonchev–Trinajstić information content (AvgIpc) is 2.86. The molecule has 0 aliphatic carbocycles. The van der Waals surface area contributed by atoms with Gasteiger partial charge in [0.15, 0.2) is 5.82 Å². The number of hydrogen-bond donors (Lipinski definition) is 3. The maximum Gasteiger partial charge on any atom is 0.352 e. The zero-order valence-electron chi connectivity index (χ0n) is 10.1. The molecule has 0 saturated carbocycles. The number of sulfonamides is 1. The number of H-pyrrole nitrogens is 1. The summed E-state index contributed by atoms with van der Waals surface area (Å²) in [5.41, 5.74) is 0.227. The Balaban J connectivity index is 2.49. The lowest BCUT2D eigenvalue weighted by atomic mass is 10.2. The second kappa shape index (κ2) is 4.43. The van der Waals surface area contributed by atoms with E-state index < -0.39 is 16.0 Å². The second-order valence-corrected chi connectivity index (χ2v) is 5.49. The van der Waals surface area contributed by atoms with Gasteiger partial charge in [-0.15, -0.1) is 0 Å². The van der Waals surface area contributed by atoms with Gasteiger partial charge in [0.1, 0.15) is 16.9 Å². The maximum atomic E-state index is 12.2. The molecule has 2 aromatic rings. The van der Waals surface area contributed by atoms with Gasteiger partial charge in [-0.25, -0.2) is 13.2 Å². The fourth-order valence-electron chi connectivity index (χ4n) is 1.80. The monoisotopic (exact) mass is 285 g/mol. The van der Waals surface area contributed by atoms with Crippen LogP contribution < -0.4 is 4.72 Å². The van der Waals surface area contributed by atoms with Crippen molar-refractivity contribution in [1.29, 1.82) is 0 Å². The van der Waals surface area contributed by atoms with Crippen LogP contribution in [0.25, 0.3) is 0 Å². The van der Waals surface area contributed by atoms with E-state index in [1.165, 1.54) is 26.2 Å². The van der Waals surface area contributed by atoms with E-state index in [9.17, 15) is 13.2 Å². The van der Waals surface area contributed by atoms with Gasteiger partial charge in [-0.2, -0.15) is 0 Å². The minimum atomic E-state index is -3.92. The molecular formula is C10H11N3O5S. The first-order chi connectivity index (χ1) is 8.83. The molecule has 0 radical (unpaired) electrons. The van der Waals surface area contributed by atoms with Gasteiger partial charge in [-0.3, -0.25) is 4.72 Å². The van der Waals surface area contributed by atoms with Crippen molar-refractivity contribution in [1.82, 2.24) is 10.1 Å². The number of aryl methyl sites for hydroxylation is 1. The molecule has 2 rings (SSSR count). The highest BCUT2D eigenvalue weighted by Gasteiger charge is 2.26. The van der Waals surface area contributed by atoms with E-state index in [1.807, 2.05) is 0 Å². The molecule has 3 N–H and O–H groups in total. The second-order valence-electron chi connectivity index (χ2n) is 3.87. The first-order valence-electron chi connectivity index (χ1n) is 5.18.